The van der Waals surface area contributed by atoms with Crippen molar-refractivity contribution in [1.82, 2.24) is 0 Å². The highest BCUT2D eigenvalue weighted by atomic mass is 32.2. The molecule has 0 aliphatic carbocycles. The van der Waals surface area contributed by atoms with E-state index in [0.717, 1.165) is 11.3 Å². The van der Waals surface area contributed by atoms with Crippen LogP contribution < -0.4 is 0 Å². The highest BCUT2D eigenvalue weighted by molar-refractivity contribution is 7.97. The van der Waals surface area contributed by atoms with Gasteiger partial charge in [0.05, 0.1) is 16.9 Å². The van der Waals surface area contributed by atoms with Gasteiger partial charge < -0.3 is 4.42 Å². The first-order valence-corrected chi connectivity index (χ1v) is 6.35. The maximum Gasteiger partial charge on any atom is 0.304 e. The predicted molar refractivity (Wildman–Crippen MR) is 66.8 cm³/mol. The van der Waals surface area contributed by atoms with Gasteiger partial charge in [-0.3, -0.25) is 10.1 Å². The van der Waals surface area contributed by atoms with Gasteiger partial charge in [-0.2, -0.15) is 4.39 Å². The Bertz CT molecular complexity index is 542. The summed E-state index contributed by atoms with van der Waals surface area (Å²) in [6.45, 7) is 0. The number of nitrogens with zero attached hydrogens (tertiary/aromatic N) is 1. The Kier molecular flexibility index (Phi) is 3.99. The van der Waals surface area contributed by atoms with Crippen LogP contribution in [0.3, 0.4) is 0 Å². The number of furan rings is 1. The van der Waals surface area contributed by atoms with E-state index in [4.69, 9.17) is 4.42 Å². The predicted octanol–water partition coefficient (Wildman–Crippen LogP) is 3.76. The van der Waals surface area contributed by atoms with Crippen molar-refractivity contribution in [2.24, 2.45) is 0 Å². The summed E-state index contributed by atoms with van der Waals surface area (Å²) >= 11 is 1.56. The van der Waals surface area contributed by atoms with Crippen LogP contribution in [0.2, 0.25) is 0 Å². The lowest BCUT2D eigenvalue weighted by atomic mass is 10.2. The zero-order valence-electron chi connectivity index (χ0n) is 9.34. The topological polar surface area (TPSA) is 56.3 Å². The summed E-state index contributed by atoms with van der Waals surface area (Å²) in [5.41, 5.74) is 0.226. The molecular weight excluding hydrogens is 257 g/mol. The lowest BCUT2D eigenvalue weighted by molar-refractivity contribution is -0.387. The molecule has 0 aliphatic rings. The summed E-state index contributed by atoms with van der Waals surface area (Å²) in [5.74, 6) is 1.32. The number of halogens is 1. The number of nitro benzene ring substituents is 1. The van der Waals surface area contributed by atoms with Crippen LogP contribution in [0.15, 0.2) is 41.0 Å². The summed E-state index contributed by atoms with van der Waals surface area (Å²) in [4.78, 5) is 9.72. The van der Waals surface area contributed by atoms with Crippen LogP contribution in [-0.2, 0) is 11.5 Å². The zero-order valence-corrected chi connectivity index (χ0v) is 10.2. The van der Waals surface area contributed by atoms with Gasteiger partial charge in [0.25, 0.3) is 0 Å². The SMILES string of the molecule is O=[N+]([O-])c1ccc(CSCc2ccco2)cc1F. The Labute approximate surface area is 107 Å². The average molecular weight is 267 g/mol. The Hall–Kier alpha value is -1.82. The molecule has 2 aromatic rings. The Balaban J connectivity index is 1.94. The van der Waals surface area contributed by atoms with E-state index >= 15 is 0 Å². The molecule has 94 valence electrons. The minimum absolute atomic E-state index is 0.491. The molecule has 1 aromatic carbocycles. The van der Waals surface area contributed by atoms with Crippen LogP contribution in [0.4, 0.5) is 10.1 Å². The monoisotopic (exact) mass is 267 g/mol. The average Bonchev–Trinajstić information content (AvgIpc) is 2.81. The normalized spacial score (nSPS) is 10.5. The number of hydrogen-bond donors (Lipinski definition) is 0. The Morgan fingerprint density at radius 1 is 1.33 bits per heavy atom. The van der Waals surface area contributed by atoms with Crippen LogP contribution in [0.5, 0.6) is 0 Å². The van der Waals surface area contributed by atoms with Crippen LogP contribution in [0.25, 0.3) is 0 Å². The summed E-state index contributed by atoms with van der Waals surface area (Å²) in [5, 5.41) is 10.5. The second-order valence-electron chi connectivity index (χ2n) is 3.62. The molecule has 0 bridgehead atoms. The molecule has 0 atom stereocenters. The van der Waals surface area contributed by atoms with Gasteiger partial charge in [0.1, 0.15) is 5.76 Å². The lowest BCUT2D eigenvalue weighted by Gasteiger charge is -2.01. The molecule has 0 radical (unpaired) electrons. The third-order valence-corrected chi connectivity index (χ3v) is 3.33. The third kappa shape index (κ3) is 3.10. The molecule has 6 heteroatoms. The van der Waals surface area contributed by atoms with Gasteiger partial charge in [0, 0.05) is 11.8 Å². The van der Waals surface area contributed by atoms with Gasteiger partial charge in [0.15, 0.2) is 0 Å². The van der Waals surface area contributed by atoms with Gasteiger partial charge in [-0.25, -0.2) is 0 Å². The van der Waals surface area contributed by atoms with E-state index in [-0.39, 0.29) is 0 Å². The Morgan fingerprint density at radius 2 is 2.17 bits per heavy atom. The minimum Gasteiger partial charge on any atom is -0.468 e. The number of rotatable bonds is 5. The van der Waals surface area contributed by atoms with Crippen molar-refractivity contribution in [2.75, 3.05) is 0 Å². The fraction of sp³-hybridized carbons (Fsp3) is 0.167. The Morgan fingerprint density at radius 3 is 2.78 bits per heavy atom. The van der Waals surface area contributed by atoms with Gasteiger partial charge in [-0.1, -0.05) is 6.07 Å². The van der Waals surface area contributed by atoms with E-state index in [1.54, 1.807) is 30.2 Å². The first kappa shape index (κ1) is 12.6. The summed E-state index contributed by atoms with van der Waals surface area (Å²) in [6.07, 6.45) is 1.60. The summed E-state index contributed by atoms with van der Waals surface area (Å²) in [7, 11) is 0. The quantitative estimate of drug-likeness (QED) is 0.611. The number of nitro groups is 1. The second-order valence-corrected chi connectivity index (χ2v) is 4.60. The maximum atomic E-state index is 13.3. The van der Waals surface area contributed by atoms with E-state index in [1.165, 1.54) is 12.1 Å². The highest BCUT2D eigenvalue weighted by Gasteiger charge is 2.13. The molecule has 0 aliphatic heterocycles. The van der Waals surface area contributed by atoms with E-state index in [0.29, 0.717) is 11.5 Å². The van der Waals surface area contributed by atoms with Crippen LogP contribution in [0.1, 0.15) is 11.3 Å². The van der Waals surface area contributed by atoms with Gasteiger partial charge in [-0.15, -0.1) is 11.8 Å². The van der Waals surface area contributed by atoms with Crippen molar-refractivity contribution in [3.63, 3.8) is 0 Å². The molecule has 0 spiro atoms. The fourth-order valence-corrected chi connectivity index (χ4v) is 2.34. The van der Waals surface area contributed by atoms with Crippen molar-refractivity contribution >= 4 is 17.4 Å². The van der Waals surface area contributed by atoms with E-state index in [2.05, 4.69) is 0 Å². The van der Waals surface area contributed by atoms with Gasteiger partial charge >= 0.3 is 5.69 Å². The first-order chi connectivity index (χ1) is 8.66. The number of hydrogen-bond acceptors (Lipinski definition) is 4. The molecule has 0 saturated carbocycles. The molecule has 18 heavy (non-hydrogen) atoms. The van der Waals surface area contributed by atoms with E-state index in [9.17, 15) is 14.5 Å². The molecular formula is C12H10FNO3S. The minimum atomic E-state index is -0.795. The number of benzene rings is 1. The molecule has 4 nitrogen and oxygen atoms in total. The molecule has 0 N–H and O–H groups in total. The van der Waals surface area contributed by atoms with Crippen molar-refractivity contribution in [3.8, 4) is 0 Å². The van der Waals surface area contributed by atoms with Crippen molar-refractivity contribution in [2.45, 2.75) is 11.5 Å². The van der Waals surface area contributed by atoms with Crippen molar-refractivity contribution in [3.05, 3.63) is 63.9 Å². The van der Waals surface area contributed by atoms with Gasteiger partial charge in [0.2, 0.25) is 5.82 Å². The molecule has 0 amide bonds. The van der Waals surface area contributed by atoms with Crippen LogP contribution in [0, 0.1) is 15.9 Å². The van der Waals surface area contributed by atoms with Crippen molar-refractivity contribution < 1.29 is 13.7 Å². The lowest BCUT2D eigenvalue weighted by Crippen LogP contribution is -1.93. The zero-order chi connectivity index (χ0) is 13.0. The highest BCUT2D eigenvalue weighted by Crippen LogP contribution is 2.22. The third-order valence-electron chi connectivity index (χ3n) is 2.30. The largest absolute Gasteiger partial charge is 0.468 e. The molecule has 1 heterocycles. The van der Waals surface area contributed by atoms with E-state index < -0.39 is 16.4 Å². The molecule has 0 saturated heterocycles. The fourth-order valence-electron chi connectivity index (χ4n) is 1.45. The van der Waals surface area contributed by atoms with Crippen molar-refractivity contribution in [1.29, 1.82) is 0 Å². The molecule has 0 fully saturated rings. The van der Waals surface area contributed by atoms with Crippen LogP contribution in [-0.4, -0.2) is 4.92 Å². The summed E-state index contributed by atoms with van der Waals surface area (Å²) in [6, 6.07) is 7.63. The first-order valence-electron chi connectivity index (χ1n) is 5.20. The molecule has 2 rings (SSSR count). The van der Waals surface area contributed by atoms with Gasteiger partial charge in [-0.05, 0) is 23.8 Å². The number of thioether (sulfide) groups is 1. The summed E-state index contributed by atoms with van der Waals surface area (Å²) < 4.78 is 18.5. The van der Waals surface area contributed by atoms with E-state index in [1.807, 2.05) is 6.07 Å². The molecule has 1 aromatic heterocycles. The van der Waals surface area contributed by atoms with Crippen LogP contribution >= 0.6 is 11.8 Å². The maximum absolute atomic E-state index is 13.3. The molecule has 0 unspecified atom stereocenters. The standard InChI is InChI=1S/C12H10FNO3S/c13-11-6-9(3-4-12(11)14(15)16)7-18-8-10-2-1-5-17-10/h1-6H,7-8H2. The second kappa shape index (κ2) is 5.68. The smallest absolute Gasteiger partial charge is 0.304 e.